The Morgan fingerprint density at radius 3 is 3.00 bits per heavy atom. The smallest absolute Gasteiger partial charge is 0.0897 e. The maximum Gasteiger partial charge on any atom is 0.0897 e. The van der Waals surface area contributed by atoms with Gasteiger partial charge in [-0.25, -0.2) is 4.98 Å². The molecule has 1 aromatic rings. The lowest BCUT2D eigenvalue weighted by Gasteiger charge is -2.12. The van der Waals surface area contributed by atoms with E-state index in [4.69, 9.17) is 9.47 Å². The molecule has 0 bridgehead atoms. The highest BCUT2D eigenvalue weighted by atomic mass is 32.1. The SMILES string of the molecule is Cc1ncsc1CCOCC(O)CNCCOCC1CC1. The molecule has 2 rings (SSSR count). The van der Waals surface area contributed by atoms with E-state index in [1.54, 1.807) is 11.3 Å². The molecule has 1 aliphatic rings. The summed E-state index contributed by atoms with van der Waals surface area (Å²) in [7, 11) is 0. The van der Waals surface area contributed by atoms with Crippen molar-refractivity contribution < 1.29 is 14.6 Å². The summed E-state index contributed by atoms with van der Waals surface area (Å²) in [5.74, 6) is 0.811. The van der Waals surface area contributed by atoms with E-state index < -0.39 is 6.10 Å². The number of hydrogen-bond acceptors (Lipinski definition) is 6. The van der Waals surface area contributed by atoms with Crippen molar-refractivity contribution in [2.45, 2.75) is 32.3 Å². The number of rotatable bonds is 12. The molecule has 0 aromatic carbocycles. The molecule has 1 heterocycles. The number of aliphatic hydroxyl groups excluding tert-OH is 1. The van der Waals surface area contributed by atoms with Crippen molar-refractivity contribution >= 4 is 11.3 Å². The Morgan fingerprint density at radius 2 is 2.29 bits per heavy atom. The van der Waals surface area contributed by atoms with Gasteiger partial charge in [-0.2, -0.15) is 0 Å². The number of aryl methyl sites for hydroxylation is 1. The second kappa shape index (κ2) is 9.48. The summed E-state index contributed by atoms with van der Waals surface area (Å²) in [6.45, 7) is 5.95. The van der Waals surface area contributed by atoms with Crippen LogP contribution >= 0.6 is 11.3 Å². The second-order valence-corrected chi connectivity index (χ2v) is 6.50. The van der Waals surface area contributed by atoms with Crippen molar-refractivity contribution in [3.05, 3.63) is 16.1 Å². The van der Waals surface area contributed by atoms with E-state index in [0.717, 1.165) is 31.2 Å². The Labute approximate surface area is 130 Å². The number of aliphatic hydroxyl groups is 1. The Kier molecular flexibility index (Phi) is 7.60. The number of thiazole rings is 1. The highest BCUT2D eigenvalue weighted by Gasteiger charge is 2.20. The fourth-order valence-corrected chi connectivity index (χ4v) is 2.72. The average Bonchev–Trinajstić information content (AvgIpc) is 3.21. The average molecular weight is 314 g/mol. The van der Waals surface area contributed by atoms with Gasteiger partial charge in [0.25, 0.3) is 0 Å². The van der Waals surface area contributed by atoms with Crippen LogP contribution in [-0.2, 0) is 15.9 Å². The predicted molar refractivity (Wildman–Crippen MR) is 83.8 cm³/mol. The normalized spacial score (nSPS) is 16.3. The largest absolute Gasteiger partial charge is 0.389 e. The summed E-state index contributed by atoms with van der Waals surface area (Å²) in [5, 5.41) is 13.0. The minimum atomic E-state index is -0.462. The van der Waals surface area contributed by atoms with Crippen molar-refractivity contribution in [2.75, 3.05) is 39.5 Å². The van der Waals surface area contributed by atoms with E-state index >= 15 is 0 Å². The molecule has 0 saturated heterocycles. The Morgan fingerprint density at radius 1 is 1.43 bits per heavy atom. The van der Waals surface area contributed by atoms with E-state index in [-0.39, 0.29) is 0 Å². The summed E-state index contributed by atoms with van der Waals surface area (Å²) < 4.78 is 11.0. The molecule has 0 radical (unpaired) electrons. The molecule has 0 amide bonds. The van der Waals surface area contributed by atoms with Gasteiger partial charge in [0.1, 0.15) is 0 Å². The summed E-state index contributed by atoms with van der Waals surface area (Å²) in [4.78, 5) is 5.46. The molecule has 21 heavy (non-hydrogen) atoms. The van der Waals surface area contributed by atoms with Crippen LogP contribution in [0.1, 0.15) is 23.4 Å². The van der Waals surface area contributed by atoms with Gasteiger partial charge in [0, 0.05) is 31.0 Å². The lowest BCUT2D eigenvalue weighted by molar-refractivity contribution is 0.0370. The van der Waals surface area contributed by atoms with Crippen LogP contribution in [0, 0.1) is 12.8 Å². The fraction of sp³-hybridized carbons (Fsp3) is 0.800. The van der Waals surface area contributed by atoms with Crippen molar-refractivity contribution in [1.82, 2.24) is 10.3 Å². The molecule has 1 saturated carbocycles. The molecule has 6 heteroatoms. The van der Waals surface area contributed by atoms with Gasteiger partial charge >= 0.3 is 0 Å². The maximum absolute atomic E-state index is 9.78. The first kappa shape index (κ1) is 16.8. The summed E-state index contributed by atoms with van der Waals surface area (Å²) in [6.07, 6.45) is 3.05. The molecule has 0 spiro atoms. The molecule has 120 valence electrons. The van der Waals surface area contributed by atoms with E-state index in [1.165, 1.54) is 17.7 Å². The van der Waals surface area contributed by atoms with Gasteiger partial charge in [0.15, 0.2) is 0 Å². The molecule has 0 aliphatic heterocycles. The Bertz CT molecular complexity index is 396. The third-order valence-electron chi connectivity index (χ3n) is 3.48. The molecule has 2 N–H and O–H groups in total. The minimum Gasteiger partial charge on any atom is -0.389 e. The van der Waals surface area contributed by atoms with Crippen LogP contribution < -0.4 is 5.32 Å². The zero-order valence-corrected chi connectivity index (χ0v) is 13.5. The quantitative estimate of drug-likeness (QED) is 0.571. The summed E-state index contributed by atoms with van der Waals surface area (Å²) in [5.41, 5.74) is 2.94. The molecule has 1 aromatic heterocycles. The van der Waals surface area contributed by atoms with Gasteiger partial charge < -0.3 is 19.9 Å². The Hall–Kier alpha value is -0.530. The van der Waals surface area contributed by atoms with Crippen molar-refractivity contribution in [3.8, 4) is 0 Å². The first-order chi connectivity index (χ1) is 10.3. The molecule has 1 unspecified atom stereocenters. The lowest BCUT2D eigenvalue weighted by Crippen LogP contribution is -2.32. The molecule has 5 nitrogen and oxygen atoms in total. The van der Waals surface area contributed by atoms with Crippen molar-refractivity contribution in [2.24, 2.45) is 5.92 Å². The van der Waals surface area contributed by atoms with E-state index in [2.05, 4.69) is 10.3 Å². The van der Waals surface area contributed by atoms with Gasteiger partial charge in [0.05, 0.1) is 37.1 Å². The van der Waals surface area contributed by atoms with Gasteiger partial charge in [-0.05, 0) is 25.7 Å². The molecular formula is C15H26N2O3S. The van der Waals surface area contributed by atoms with Gasteiger partial charge in [0.2, 0.25) is 0 Å². The highest BCUT2D eigenvalue weighted by Crippen LogP contribution is 2.28. The Balaban J connectivity index is 1.38. The van der Waals surface area contributed by atoms with E-state index in [1.807, 2.05) is 12.4 Å². The zero-order valence-electron chi connectivity index (χ0n) is 12.7. The monoisotopic (exact) mass is 314 g/mol. The van der Waals surface area contributed by atoms with Crippen molar-refractivity contribution in [1.29, 1.82) is 0 Å². The van der Waals surface area contributed by atoms with Crippen LogP contribution in [0.4, 0.5) is 0 Å². The number of nitrogens with one attached hydrogen (secondary N) is 1. The van der Waals surface area contributed by atoms with Gasteiger partial charge in [-0.3, -0.25) is 0 Å². The van der Waals surface area contributed by atoms with E-state index in [0.29, 0.717) is 26.4 Å². The number of aromatic nitrogens is 1. The highest BCUT2D eigenvalue weighted by molar-refractivity contribution is 7.09. The minimum absolute atomic E-state index is 0.369. The van der Waals surface area contributed by atoms with Crippen LogP contribution in [0.5, 0.6) is 0 Å². The topological polar surface area (TPSA) is 63.6 Å². The van der Waals surface area contributed by atoms with Gasteiger partial charge in [-0.15, -0.1) is 11.3 Å². The van der Waals surface area contributed by atoms with Gasteiger partial charge in [-0.1, -0.05) is 0 Å². The summed E-state index contributed by atoms with van der Waals surface area (Å²) in [6, 6.07) is 0. The second-order valence-electron chi connectivity index (χ2n) is 5.56. The molecule has 1 aliphatic carbocycles. The molecular weight excluding hydrogens is 288 g/mol. The number of hydrogen-bond donors (Lipinski definition) is 2. The van der Waals surface area contributed by atoms with Crippen LogP contribution in [0.3, 0.4) is 0 Å². The number of nitrogens with zero attached hydrogens (tertiary/aromatic N) is 1. The third kappa shape index (κ3) is 7.33. The lowest BCUT2D eigenvalue weighted by atomic mass is 10.3. The fourth-order valence-electron chi connectivity index (χ4n) is 1.96. The third-order valence-corrected chi connectivity index (χ3v) is 4.48. The summed E-state index contributed by atoms with van der Waals surface area (Å²) >= 11 is 1.66. The van der Waals surface area contributed by atoms with Crippen LogP contribution in [0.25, 0.3) is 0 Å². The predicted octanol–water partition coefficient (Wildman–Crippen LogP) is 1.39. The standard InChI is InChI=1S/C15H26N2O3S/c1-12-15(21-11-17-12)4-6-19-10-14(18)8-16-5-7-20-9-13-2-3-13/h11,13-14,16,18H,2-10H2,1H3. The maximum atomic E-state index is 9.78. The zero-order chi connectivity index (χ0) is 14.9. The first-order valence-corrected chi connectivity index (χ1v) is 8.57. The van der Waals surface area contributed by atoms with Crippen LogP contribution in [0.15, 0.2) is 5.51 Å². The van der Waals surface area contributed by atoms with Crippen LogP contribution in [0.2, 0.25) is 0 Å². The molecule has 1 fully saturated rings. The number of ether oxygens (including phenoxy) is 2. The van der Waals surface area contributed by atoms with E-state index in [9.17, 15) is 5.11 Å². The first-order valence-electron chi connectivity index (χ1n) is 7.69. The van der Waals surface area contributed by atoms with Crippen molar-refractivity contribution in [3.63, 3.8) is 0 Å². The molecule has 1 atom stereocenters. The van der Waals surface area contributed by atoms with Crippen LogP contribution in [-0.4, -0.2) is 55.7 Å².